The largest absolute Gasteiger partial charge is 0.510 e. The Morgan fingerprint density at radius 2 is 1.73 bits per heavy atom. The molecule has 2 aliphatic carbocycles. The monoisotopic (exact) mass is 412 g/mol. The normalized spacial score (nSPS) is 26.0. The lowest BCUT2D eigenvalue weighted by molar-refractivity contribution is -0.138. The number of carbonyl (C=O) groups excluding carboxylic acids is 3. The van der Waals surface area contributed by atoms with Gasteiger partial charge in [0, 0.05) is 5.92 Å². The predicted octanol–water partition coefficient (Wildman–Crippen LogP) is 0.161. The number of hydrogen-bond donors (Lipinski definition) is 6. The highest BCUT2D eigenvalue weighted by Crippen LogP contribution is 2.49. The second-order valence-corrected chi connectivity index (χ2v) is 7.87. The van der Waals surface area contributed by atoms with Crippen LogP contribution in [-0.2, 0) is 16.0 Å². The van der Waals surface area contributed by atoms with Crippen molar-refractivity contribution in [1.29, 1.82) is 0 Å². The average Bonchev–Trinajstić information content (AvgIpc) is 2.68. The second kappa shape index (κ2) is 6.04. The maximum Gasteiger partial charge on any atom is 0.255 e. The number of phenolic OH excluding ortho intramolecular Hbond substituents is 2. The number of nitrogens with two attached hydrogens (primary N) is 2. The van der Waals surface area contributed by atoms with E-state index < -0.39 is 52.1 Å². The lowest BCUT2D eigenvalue weighted by Crippen LogP contribution is -2.65. The summed E-state index contributed by atoms with van der Waals surface area (Å²) in [5, 5.41) is 43.3. The van der Waals surface area contributed by atoms with Crippen molar-refractivity contribution >= 4 is 28.2 Å². The molecule has 0 aromatic heterocycles. The number of rotatable bonds is 1. The number of aliphatic hydroxyl groups is 2. The zero-order valence-electron chi connectivity index (χ0n) is 16.2. The number of amides is 1. The lowest BCUT2D eigenvalue weighted by Gasteiger charge is -2.44. The Kier molecular flexibility index (Phi) is 4.00. The molecule has 0 heterocycles. The Bertz CT molecular complexity index is 1230. The first kappa shape index (κ1) is 19.9. The van der Waals surface area contributed by atoms with Gasteiger partial charge in [0.1, 0.15) is 22.8 Å². The first-order valence-electron chi connectivity index (χ1n) is 9.21. The summed E-state index contributed by atoms with van der Waals surface area (Å²) in [6.45, 7) is 3.29. The van der Waals surface area contributed by atoms with E-state index in [4.69, 9.17) is 11.5 Å². The SMILES string of the molecule is Cc1ccc2c(C)c3c(c(O)c2c1O)C(=O)[C@]1(O)C(=O)C(C(N)=O)=C(O)[C@H](N)C1C3. The number of benzene rings is 2. The standard InChI is InChI=1S/C21H20N2O7/c1-6-3-4-8-7(2)9-5-10-14(22)17(26)13(20(23)29)19(28)21(10,30)18(27)12(9)16(25)11(8)15(6)24/h3-4,10,14,24-26,30H,5,22H2,1-2H3,(H2,23,29)/t10?,14-,21+/m1/s1. The fourth-order valence-corrected chi connectivity index (χ4v) is 4.65. The predicted molar refractivity (Wildman–Crippen MR) is 105 cm³/mol. The molecule has 0 fully saturated rings. The minimum atomic E-state index is -2.79. The smallest absolute Gasteiger partial charge is 0.255 e. The maximum absolute atomic E-state index is 13.4. The number of primary amides is 1. The van der Waals surface area contributed by atoms with E-state index >= 15 is 0 Å². The van der Waals surface area contributed by atoms with E-state index in [-0.39, 0.29) is 23.1 Å². The summed E-state index contributed by atoms with van der Waals surface area (Å²) in [4.78, 5) is 38.0. The molecule has 0 radical (unpaired) electrons. The first-order valence-corrected chi connectivity index (χ1v) is 9.21. The van der Waals surface area contributed by atoms with Gasteiger partial charge in [0.05, 0.1) is 17.0 Å². The molecular weight excluding hydrogens is 392 g/mol. The van der Waals surface area contributed by atoms with Gasteiger partial charge in [-0.05, 0) is 42.3 Å². The topological polar surface area (TPSA) is 184 Å². The third kappa shape index (κ3) is 2.16. The molecule has 0 saturated heterocycles. The molecule has 2 aromatic carbocycles. The van der Waals surface area contributed by atoms with Crippen LogP contribution in [0.5, 0.6) is 11.5 Å². The first-order chi connectivity index (χ1) is 13.9. The van der Waals surface area contributed by atoms with Gasteiger partial charge in [-0.3, -0.25) is 14.4 Å². The zero-order valence-corrected chi connectivity index (χ0v) is 16.2. The summed E-state index contributed by atoms with van der Waals surface area (Å²) in [5.74, 6) is -6.73. The van der Waals surface area contributed by atoms with Gasteiger partial charge in [0.25, 0.3) is 5.91 Å². The van der Waals surface area contributed by atoms with Gasteiger partial charge < -0.3 is 31.9 Å². The van der Waals surface area contributed by atoms with Crippen LogP contribution in [0.15, 0.2) is 23.5 Å². The van der Waals surface area contributed by atoms with E-state index in [9.17, 15) is 34.8 Å². The Morgan fingerprint density at radius 3 is 2.33 bits per heavy atom. The van der Waals surface area contributed by atoms with Crippen LogP contribution >= 0.6 is 0 Å². The van der Waals surface area contributed by atoms with Crippen LogP contribution in [-0.4, -0.2) is 49.5 Å². The molecule has 30 heavy (non-hydrogen) atoms. The minimum absolute atomic E-state index is 0.0164. The number of aliphatic hydroxyl groups excluding tert-OH is 1. The van der Waals surface area contributed by atoms with Crippen LogP contribution in [0.3, 0.4) is 0 Å². The number of aryl methyl sites for hydroxylation is 2. The molecule has 0 spiro atoms. The van der Waals surface area contributed by atoms with E-state index in [1.807, 2.05) is 0 Å². The summed E-state index contributed by atoms with van der Waals surface area (Å²) in [6.07, 6.45) is -0.134. The maximum atomic E-state index is 13.4. The number of ketones is 2. The van der Waals surface area contributed by atoms with Crippen molar-refractivity contribution in [2.24, 2.45) is 17.4 Å². The van der Waals surface area contributed by atoms with E-state index in [0.29, 0.717) is 22.1 Å². The molecule has 1 amide bonds. The third-order valence-electron chi connectivity index (χ3n) is 6.37. The van der Waals surface area contributed by atoms with Crippen molar-refractivity contribution in [2.45, 2.75) is 31.9 Å². The minimum Gasteiger partial charge on any atom is -0.510 e. The van der Waals surface area contributed by atoms with Crippen LogP contribution in [0.2, 0.25) is 0 Å². The summed E-state index contributed by atoms with van der Waals surface area (Å²) < 4.78 is 0. The molecule has 0 aliphatic heterocycles. The fraction of sp³-hybridized carbons (Fsp3) is 0.286. The van der Waals surface area contributed by atoms with Crippen LogP contribution in [0.25, 0.3) is 10.8 Å². The van der Waals surface area contributed by atoms with Crippen LogP contribution < -0.4 is 11.5 Å². The fourth-order valence-electron chi connectivity index (χ4n) is 4.65. The Morgan fingerprint density at radius 1 is 1.10 bits per heavy atom. The van der Waals surface area contributed by atoms with Gasteiger partial charge in [0.15, 0.2) is 5.60 Å². The Balaban J connectivity index is 2.07. The lowest BCUT2D eigenvalue weighted by atomic mass is 9.61. The van der Waals surface area contributed by atoms with Gasteiger partial charge in [-0.1, -0.05) is 12.1 Å². The van der Waals surface area contributed by atoms with Crippen molar-refractivity contribution in [2.75, 3.05) is 0 Å². The third-order valence-corrected chi connectivity index (χ3v) is 6.37. The van der Waals surface area contributed by atoms with Crippen LogP contribution in [0, 0.1) is 19.8 Å². The quantitative estimate of drug-likeness (QED) is 0.282. The van der Waals surface area contributed by atoms with E-state index in [2.05, 4.69) is 0 Å². The van der Waals surface area contributed by atoms with Crippen molar-refractivity contribution in [3.8, 4) is 11.5 Å². The van der Waals surface area contributed by atoms with E-state index in [1.54, 1.807) is 26.0 Å². The highest BCUT2D eigenvalue weighted by Gasteiger charge is 2.62. The molecule has 9 nitrogen and oxygen atoms in total. The highest BCUT2D eigenvalue weighted by molar-refractivity contribution is 6.33. The summed E-state index contributed by atoms with van der Waals surface area (Å²) in [7, 11) is 0. The Hall–Kier alpha value is -3.43. The molecule has 3 atom stereocenters. The number of carbonyl (C=O) groups is 3. The number of Topliss-reactive ketones (excluding diaryl/α,β-unsaturated/α-hetero) is 2. The number of fused-ring (bicyclic) bond motifs is 3. The molecule has 0 saturated carbocycles. The molecule has 1 unspecified atom stereocenters. The van der Waals surface area contributed by atoms with Crippen molar-refractivity contribution in [3.05, 3.63) is 45.7 Å². The number of hydrogen-bond acceptors (Lipinski definition) is 8. The van der Waals surface area contributed by atoms with E-state index in [0.717, 1.165) is 0 Å². The Labute approximate surface area is 170 Å². The van der Waals surface area contributed by atoms with Gasteiger partial charge >= 0.3 is 0 Å². The van der Waals surface area contributed by atoms with Gasteiger partial charge in [-0.25, -0.2) is 0 Å². The van der Waals surface area contributed by atoms with Gasteiger partial charge in [-0.15, -0.1) is 0 Å². The number of aromatic hydroxyl groups is 2. The second-order valence-electron chi connectivity index (χ2n) is 7.87. The average molecular weight is 412 g/mol. The van der Waals surface area contributed by atoms with Gasteiger partial charge in [-0.2, -0.15) is 0 Å². The molecular formula is C21H20N2O7. The zero-order chi connectivity index (χ0) is 22.3. The van der Waals surface area contributed by atoms with Crippen LogP contribution in [0.4, 0.5) is 0 Å². The van der Waals surface area contributed by atoms with E-state index in [1.165, 1.54) is 0 Å². The van der Waals surface area contributed by atoms with Gasteiger partial charge in [0.2, 0.25) is 11.6 Å². The van der Waals surface area contributed by atoms with Crippen molar-refractivity contribution in [1.82, 2.24) is 0 Å². The van der Waals surface area contributed by atoms with Crippen molar-refractivity contribution in [3.63, 3.8) is 0 Å². The van der Waals surface area contributed by atoms with Crippen LogP contribution in [0.1, 0.15) is 27.0 Å². The molecule has 156 valence electrons. The molecule has 0 bridgehead atoms. The summed E-state index contributed by atoms with van der Waals surface area (Å²) >= 11 is 0. The summed E-state index contributed by atoms with van der Waals surface area (Å²) in [5.41, 5.74) is 8.43. The summed E-state index contributed by atoms with van der Waals surface area (Å²) in [6, 6.07) is 1.93. The molecule has 4 rings (SSSR count). The molecule has 2 aromatic rings. The highest BCUT2D eigenvalue weighted by atomic mass is 16.3. The molecule has 2 aliphatic rings. The van der Waals surface area contributed by atoms with Crippen molar-refractivity contribution < 1.29 is 34.8 Å². The number of phenols is 2. The molecule has 8 N–H and O–H groups in total. The molecule has 9 heteroatoms.